The van der Waals surface area contributed by atoms with Crippen LogP contribution >= 0.6 is 0 Å². The molecule has 1 fully saturated rings. The monoisotopic (exact) mass is 312 g/mol. The molecule has 0 amide bonds. The number of ether oxygens (including phenoxy) is 1. The number of aliphatic hydroxyl groups is 1. The minimum absolute atomic E-state index is 0.268. The van der Waals surface area contributed by atoms with Gasteiger partial charge in [0.25, 0.3) is 0 Å². The smallest absolute Gasteiger partial charge is 0.129 e. The molecular weight excluding hydrogens is 280 g/mol. The molecule has 5 heteroatoms. The average molecular weight is 312 g/mol. The summed E-state index contributed by atoms with van der Waals surface area (Å²) < 4.78 is 10.7. The van der Waals surface area contributed by atoms with E-state index in [1.807, 2.05) is 12.1 Å². The van der Waals surface area contributed by atoms with Crippen LogP contribution in [-0.4, -0.2) is 41.5 Å². The first-order chi connectivity index (χ1) is 10.3. The van der Waals surface area contributed by atoms with Crippen LogP contribution in [0.2, 0.25) is 0 Å². The first-order valence-corrected chi connectivity index (χ1v) is 8.24. The standard InChI is InChI=1S/C17H30N2O3/c1-16(2)8-13(9-17(3,4)19-16)18-10-14(20)11-21-12-15-6-5-7-22-15/h5-7,13-14,18-20H,8-12H2,1-4H3/p+2/t14-/m0/s1. The molecule has 0 unspecified atom stereocenters. The van der Waals surface area contributed by atoms with Crippen LogP contribution in [0, 0.1) is 0 Å². The van der Waals surface area contributed by atoms with Crippen LogP contribution < -0.4 is 10.6 Å². The van der Waals surface area contributed by atoms with Crippen molar-refractivity contribution in [3.8, 4) is 0 Å². The minimum atomic E-state index is -0.438. The highest BCUT2D eigenvalue weighted by atomic mass is 16.5. The second kappa shape index (κ2) is 7.13. The molecule has 5 nitrogen and oxygen atoms in total. The Morgan fingerprint density at radius 2 is 2.05 bits per heavy atom. The van der Waals surface area contributed by atoms with E-state index in [9.17, 15) is 5.11 Å². The number of nitrogens with two attached hydrogens (primary N) is 2. The zero-order valence-electron chi connectivity index (χ0n) is 14.3. The van der Waals surface area contributed by atoms with Crippen LogP contribution in [-0.2, 0) is 11.3 Å². The topological polar surface area (TPSA) is 75.8 Å². The van der Waals surface area contributed by atoms with Gasteiger partial charge in [0.15, 0.2) is 0 Å². The Kier molecular flexibility index (Phi) is 5.66. The van der Waals surface area contributed by atoms with Gasteiger partial charge < -0.3 is 24.9 Å². The molecule has 0 aromatic carbocycles. The lowest BCUT2D eigenvalue weighted by Crippen LogP contribution is -3.09. The van der Waals surface area contributed by atoms with E-state index < -0.39 is 6.10 Å². The van der Waals surface area contributed by atoms with Crippen LogP contribution in [0.4, 0.5) is 0 Å². The number of aliphatic hydroxyl groups excluding tert-OH is 1. The second-order valence-corrected chi connectivity index (χ2v) is 8.01. The first kappa shape index (κ1) is 17.5. The Hall–Kier alpha value is -0.880. The van der Waals surface area contributed by atoms with Crippen LogP contribution in [0.15, 0.2) is 22.8 Å². The fourth-order valence-electron chi connectivity index (χ4n) is 3.87. The van der Waals surface area contributed by atoms with Gasteiger partial charge in [0.2, 0.25) is 0 Å². The van der Waals surface area contributed by atoms with E-state index in [0.717, 1.165) is 18.6 Å². The third-order valence-corrected chi connectivity index (χ3v) is 4.23. The van der Waals surface area contributed by atoms with Gasteiger partial charge in [0, 0.05) is 0 Å². The SMILES string of the molecule is CC1(C)CC([NH2+]C[C@H](O)COCc2ccco2)CC(C)(C)[NH2+]1. The van der Waals surface area contributed by atoms with Crippen LogP contribution in [0.3, 0.4) is 0 Å². The molecule has 1 atom stereocenters. The number of piperidine rings is 1. The molecule has 1 saturated heterocycles. The largest absolute Gasteiger partial charge is 0.467 e. The molecule has 2 rings (SSSR count). The van der Waals surface area contributed by atoms with Crippen molar-refractivity contribution in [1.29, 1.82) is 0 Å². The normalized spacial score (nSPS) is 22.6. The van der Waals surface area contributed by atoms with Gasteiger partial charge in [-0.1, -0.05) is 0 Å². The van der Waals surface area contributed by atoms with Gasteiger partial charge >= 0.3 is 0 Å². The molecule has 0 radical (unpaired) electrons. The van der Waals surface area contributed by atoms with Crippen molar-refractivity contribution in [3.05, 3.63) is 24.2 Å². The van der Waals surface area contributed by atoms with E-state index in [1.54, 1.807) is 6.26 Å². The number of hydrogen-bond acceptors (Lipinski definition) is 3. The molecule has 5 N–H and O–H groups in total. The Morgan fingerprint density at radius 1 is 1.36 bits per heavy atom. The molecule has 0 aliphatic carbocycles. The van der Waals surface area contributed by atoms with Crippen LogP contribution in [0.1, 0.15) is 46.3 Å². The number of hydrogen-bond donors (Lipinski definition) is 3. The lowest BCUT2D eigenvalue weighted by atomic mass is 9.79. The third kappa shape index (κ3) is 5.72. The van der Waals surface area contributed by atoms with E-state index in [0.29, 0.717) is 25.8 Å². The number of rotatable bonds is 7. The van der Waals surface area contributed by atoms with Crippen molar-refractivity contribution in [3.63, 3.8) is 0 Å². The van der Waals surface area contributed by atoms with Gasteiger partial charge in [-0.15, -0.1) is 0 Å². The maximum absolute atomic E-state index is 10.1. The number of quaternary nitrogens is 2. The first-order valence-electron chi connectivity index (χ1n) is 8.24. The highest BCUT2D eigenvalue weighted by molar-refractivity contribution is 4.96. The van der Waals surface area contributed by atoms with Crippen molar-refractivity contribution < 1.29 is 24.9 Å². The van der Waals surface area contributed by atoms with Gasteiger partial charge in [-0.2, -0.15) is 0 Å². The Balaban J connectivity index is 1.68. The molecule has 1 aliphatic rings. The summed E-state index contributed by atoms with van der Waals surface area (Å²) in [5, 5.41) is 14.8. The molecule has 1 aliphatic heterocycles. The lowest BCUT2D eigenvalue weighted by Gasteiger charge is -2.41. The summed E-state index contributed by atoms with van der Waals surface area (Å²) in [6, 6.07) is 4.28. The average Bonchev–Trinajstić information content (AvgIpc) is 2.86. The zero-order valence-corrected chi connectivity index (χ0v) is 14.3. The van der Waals surface area contributed by atoms with Crippen molar-refractivity contribution in [2.75, 3.05) is 13.2 Å². The summed E-state index contributed by atoms with van der Waals surface area (Å²) in [5.74, 6) is 0.794. The van der Waals surface area contributed by atoms with Crippen molar-refractivity contribution >= 4 is 0 Å². The number of furan rings is 1. The molecular formula is C17H32N2O3+2. The summed E-state index contributed by atoms with van der Waals surface area (Å²) in [6.07, 6.45) is 3.52. The van der Waals surface area contributed by atoms with Gasteiger partial charge in [-0.3, -0.25) is 0 Å². The van der Waals surface area contributed by atoms with Gasteiger partial charge in [0.1, 0.15) is 25.0 Å². The van der Waals surface area contributed by atoms with Crippen LogP contribution in [0.5, 0.6) is 0 Å². The Morgan fingerprint density at radius 3 is 2.64 bits per heavy atom. The second-order valence-electron chi connectivity index (χ2n) is 8.01. The van der Waals surface area contributed by atoms with E-state index in [2.05, 4.69) is 38.3 Å². The molecule has 0 bridgehead atoms. The molecule has 22 heavy (non-hydrogen) atoms. The fraction of sp³-hybridized carbons (Fsp3) is 0.765. The predicted octanol–water partition coefficient (Wildman–Crippen LogP) is 0.00350. The fourth-order valence-corrected chi connectivity index (χ4v) is 3.87. The molecule has 126 valence electrons. The van der Waals surface area contributed by atoms with Gasteiger partial charge in [-0.05, 0) is 39.8 Å². The zero-order chi connectivity index (χ0) is 16.2. The third-order valence-electron chi connectivity index (χ3n) is 4.23. The van der Waals surface area contributed by atoms with Crippen LogP contribution in [0.25, 0.3) is 0 Å². The molecule has 0 saturated carbocycles. The minimum Gasteiger partial charge on any atom is -0.467 e. The van der Waals surface area contributed by atoms with Crippen molar-refractivity contribution in [2.24, 2.45) is 0 Å². The van der Waals surface area contributed by atoms with Crippen molar-refractivity contribution in [1.82, 2.24) is 0 Å². The van der Waals surface area contributed by atoms with E-state index in [-0.39, 0.29) is 11.1 Å². The van der Waals surface area contributed by atoms with E-state index >= 15 is 0 Å². The summed E-state index contributed by atoms with van der Waals surface area (Å²) >= 11 is 0. The quantitative estimate of drug-likeness (QED) is 0.663. The molecule has 1 aromatic rings. The predicted molar refractivity (Wildman–Crippen MR) is 84.3 cm³/mol. The highest BCUT2D eigenvalue weighted by Crippen LogP contribution is 2.19. The maximum atomic E-state index is 10.1. The van der Waals surface area contributed by atoms with Gasteiger partial charge in [0.05, 0.1) is 42.8 Å². The van der Waals surface area contributed by atoms with E-state index in [1.165, 1.54) is 0 Å². The van der Waals surface area contributed by atoms with Gasteiger partial charge in [-0.25, -0.2) is 0 Å². The molecule has 0 spiro atoms. The lowest BCUT2D eigenvalue weighted by molar-refractivity contribution is -0.814. The maximum Gasteiger partial charge on any atom is 0.129 e. The van der Waals surface area contributed by atoms with Crippen molar-refractivity contribution in [2.45, 2.75) is 70.4 Å². The summed E-state index contributed by atoms with van der Waals surface area (Å²) in [7, 11) is 0. The van der Waals surface area contributed by atoms with E-state index in [4.69, 9.17) is 9.15 Å². The summed E-state index contributed by atoms with van der Waals surface area (Å²) in [4.78, 5) is 0. The Bertz CT molecular complexity index is 427. The molecule has 1 aromatic heterocycles. The molecule has 2 heterocycles. The Labute approximate surface area is 133 Å². The summed E-state index contributed by atoms with van der Waals surface area (Å²) in [5.41, 5.74) is 0.535. The summed E-state index contributed by atoms with van der Waals surface area (Å²) in [6.45, 7) is 10.7. The highest BCUT2D eigenvalue weighted by Gasteiger charge is 2.43.